The second-order valence-corrected chi connectivity index (χ2v) is 4.60. The third-order valence-corrected chi connectivity index (χ3v) is 3.29. The summed E-state index contributed by atoms with van der Waals surface area (Å²) in [7, 11) is 1.24. The van der Waals surface area contributed by atoms with Gasteiger partial charge in [0.15, 0.2) is 5.78 Å². The van der Waals surface area contributed by atoms with E-state index in [0.29, 0.717) is 5.56 Å². The van der Waals surface area contributed by atoms with Crippen LogP contribution in [0.3, 0.4) is 0 Å². The van der Waals surface area contributed by atoms with E-state index in [1.165, 1.54) is 18.7 Å². The average Bonchev–Trinajstić information content (AvgIpc) is 3.01. The molecule has 0 fully saturated rings. The number of aromatic nitrogens is 5. The fourth-order valence-corrected chi connectivity index (χ4v) is 2.37. The van der Waals surface area contributed by atoms with Crippen LogP contribution in [0.25, 0.3) is 0 Å². The summed E-state index contributed by atoms with van der Waals surface area (Å²) in [4.78, 5) is 28.2. The van der Waals surface area contributed by atoms with Gasteiger partial charge < -0.3 is 10.1 Å². The van der Waals surface area contributed by atoms with E-state index < -0.39 is 12.0 Å². The van der Waals surface area contributed by atoms with Crippen LogP contribution in [0.2, 0.25) is 0 Å². The Balaban J connectivity index is 2.25. The zero-order chi connectivity index (χ0) is 15.7. The number of hydrogen-bond donors (Lipinski definition) is 1. The Bertz CT molecular complexity index is 767. The summed E-state index contributed by atoms with van der Waals surface area (Å²) < 4.78 is 6.17. The monoisotopic (exact) mass is 300 g/mol. The fraction of sp³-hybridized carbons (Fsp3) is 0.231. The minimum Gasteiger partial charge on any atom is -0.464 e. The van der Waals surface area contributed by atoms with Crippen LogP contribution in [0.1, 0.15) is 18.5 Å². The van der Waals surface area contributed by atoms with E-state index in [9.17, 15) is 9.59 Å². The quantitative estimate of drug-likeness (QED) is 0.794. The summed E-state index contributed by atoms with van der Waals surface area (Å²) in [5.41, 5.74) is 0.940. The van der Waals surface area contributed by atoms with Crippen LogP contribution in [-0.2, 0) is 14.3 Å². The topological polar surface area (TPSA) is 112 Å². The van der Waals surface area contributed by atoms with Crippen molar-refractivity contribution in [2.24, 2.45) is 0 Å². The largest absolute Gasteiger partial charge is 0.464 e. The molecule has 3 heterocycles. The molecule has 2 aromatic rings. The molecule has 9 nitrogen and oxygen atoms in total. The lowest BCUT2D eigenvalue weighted by molar-refractivity contribution is -0.136. The summed E-state index contributed by atoms with van der Waals surface area (Å²) in [6.07, 6.45) is 3.21. The maximum absolute atomic E-state index is 12.1. The maximum atomic E-state index is 12.1. The molecule has 1 aliphatic rings. The predicted octanol–water partition coefficient (Wildman–Crippen LogP) is 0.0991. The van der Waals surface area contributed by atoms with E-state index in [1.807, 2.05) is 0 Å². The Morgan fingerprint density at radius 3 is 2.86 bits per heavy atom. The molecule has 0 radical (unpaired) electrons. The molecule has 1 aliphatic heterocycles. The number of tetrazole rings is 1. The number of hydrogen-bond acceptors (Lipinski definition) is 8. The number of Topliss-reactive ketones (excluding diaryl/α,β-unsaturated/α-hetero) is 1. The highest BCUT2D eigenvalue weighted by Gasteiger charge is 2.36. The molecule has 0 aromatic carbocycles. The van der Waals surface area contributed by atoms with E-state index in [4.69, 9.17) is 4.74 Å². The minimum absolute atomic E-state index is 0.0335. The van der Waals surface area contributed by atoms with Crippen molar-refractivity contribution in [2.75, 3.05) is 12.4 Å². The molecule has 9 heteroatoms. The van der Waals surface area contributed by atoms with Gasteiger partial charge in [0, 0.05) is 12.4 Å². The molecule has 0 saturated heterocycles. The number of fused-ring (bicyclic) bond motifs is 1. The maximum Gasteiger partial charge on any atom is 0.355 e. The summed E-state index contributed by atoms with van der Waals surface area (Å²) >= 11 is 0. The number of rotatable bonds is 3. The molecule has 0 amide bonds. The molecule has 0 spiro atoms. The number of nitrogens with one attached hydrogen (secondary N) is 1. The standard InChI is InChI=1S/C13H12N6O3/c1-7(20)9-10(12(21)22-2)15-13-16-17-18-19(13)11(9)8-4-3-5-14-6-8/h3-6,11H,1-2H3,(H,15,16,18)/t11-/m1/s1. The molecule has 0 unspecified atom stereocenters. The van der Waals surface area contributed by atoms with Gasteiger partial charge in [-0.25, -0.2) is 4.79 Å². The number of carbonyl (C=O) groups is 2. The lowest BCUT2D eigenvalue weighted by Crippen LogP contribution is -2.32. The number of ketones is 1. The van der Waals surface area contributed by atoms with Crippen LogP contribution in [-0.4, -0.2) is 44.1 Å². The summed E-state index contributed by atoms with van der Waals surface area (Å²) in [6.45, 7) is 1.37. The van der Waals surface area contributed by atoms with Crippen LogP contribution < -0.4 is 5.32 Å². The zero-order valence-corrected chi connectivity index (χ0v) is 11.8. The summed E-state index contributed by atoms with van der Waals surface area (Å²) in [5.74, 6) is -0.699. The van der Waals surface area contributed by atoms with Gasteiger partial charge in [-0.3, -0.25) is 9.78 Å². The van der Waals surface area contributed by atoms with Crippen LogP contribution in [0.15, 0.2) is 35.8 Å². The van der Waals surface area contributed by atoms with Gasteiger partial charge in [-0.1, -0.05) is 11.2 Å². The molecule has 1 N–H and O–H groups in total. The molecule has 1 atom stereocenters. The van der Waals surface area contributed by atoms with E-state index >= 15 is 0 Å². The third kappa shape index (κ3) is 2.12. The predicted molar refractivity (Wildman–Crippen MR) is 73.5 cm³/mol. The lowest BCUT2D eigenvalue weighted by atomic mass is 9.94. The first-order chi connectivity index (χ1) is 10.6. The van der Waals surface area contributed by atoms with Crippen molar-refractivity contribution in [1.82, 2.24) is 25.2 Å². The number of esters is 1. The average molecular weight is 300 g/mol. The number of pyridine rings is 1. The molecule has 112 valence electrons. The number of nitrogens with zero attached hydrogens (tertiary/aromatic N) is 5. The van der Waals surface area contributed by atoms with Crippen molar-refractivity contribution in [3.05, 3.63) is 41.4 Å². The van der Waals surface area contributed by atoms with Gasteiger partial charge in [0.2, 0.25) is 5.95 Å². The Labute approximate surface area is 125 Å². The second-order valence-electron chi connectivity index (χ2n) is 4.60. The Hall–Kier alpha value is -3.10. The van der Waals surface area contributed by atoms with E-state index in [2.05, 4.69) is 25.8 Å². The van der Waals surface area contributed by atoms with Crippen molar-refractivity contribution in [3.63, 3.8) is 0 Å². The lowest BCUT2D eigenvalue weighted by Gasteiger charge is -2.27. The molecule has 0 bridgehead atoms. The van der Waals surface area contributed by atoms with Gasteiger partial charge in [-0.05, 0) is 29.0 Å². The highest BCUT2D eigenvalue weighted by molar-refractivity contribution is 6.05. The number of carbonyl (C=O) groups excluding carboxylic acids is 2. The highest BCUT2D eigenvalue weighted by Crippen LogP contribution is 2.34. The first-order valence-corrected chi connectivity index (χ1v) is 6.41. The molecule has 3 rings (SSSR count). The van der Waals surface area contributed by atoms with Crippen molar-refractivity contribution < 1.29 is 14.3 Å². The molecule has 22 heavy (non-hydrogen) atoms. The van der Waals surface area contributed by atoms with Crippen LogP contribution >= 0.6 is 0 Å². The summed E-state index contributed by atoms with van der Waals surface area (Å²) in [6, 6.07) is 2.87. The minimum atomic E-state index is -0.659. The SMILES string of the molecule is COC(=O)C1=C(C(C)=O)[C@@H](c2cccnc2)n2nnnc2N1. The smallest absolute Gasteiger partial charge is 0.355 e. The zero-order valence-electron chi connectivity index (χ0n) is 11.8. The Morgan fingerprint density at radius 2 is 2.23 bits per heavy atom. The van der Waals surface area contributed by atoms with Gasteiger partial charge in [0.05, 0.1) is 12.7 Å². The first kappa shape index (κ1) is 13.9. The molecular weight excluding hydrogens is 288 g/mol. The fourth-order valence-electron chi connectivity index (χ4n) is 2.37. The van der Waals surface area contributed by atoms with E-state index in [1.54, 1.807) is 24.5 Å². The molecule has 2 aromatic heterocycles. The van der Waals surface area contributed by atoms with Crippen LogP contribution in [0.4, 0.5) is 5.95 Å². The second kappa shape index (κ2) is 5.35. The van der Waals surface area contributed by atoms with Crippen molar-refractivity contribution in [1.29, 1.82) is 0 Å². The number of ether oxygens (including phenoxy) is 1. The number of methoxy groups -OCH3 is 1. The van der Waals surface area contributed by atoms with Gasteiger partial charge in [-0.2, -0.15) is 4.68 Å². The first-order valence-electron chi connectivity index (χ1n) is 6.41. The normalized spacial score (nSPS) is 16.7. The summed E-state index contributed by atoms with van der Waals surface area (Å²) in [5, 5.41) is 14.0. The number of allylic oxidation sites excluding steroid dienone is 1. The highest BCUT2D eigenvalue weighted by atomic mass is 16.5. The van der Waals surface area contributed by atoms with Crippen molar-refractivity contribution in [3.8, 4) is 0 Å². The van der Waals surface area contributed by atoms with Crippen molar-refractivity contribution >= 4 is 17.7 Å². The van der Waals surface area contributed by atoms with Gasteiger partial charge in [0.1, 0.15) is 11.7 Å². The van der Waals surface area contributed by atoms with Crippen LogP contribution in [0, 0.1) is 0 Å². The molecule has 0 aliphatic carbocycles. The van der Waals surface area contributed by atoms with Gasteiger partial charge in [-0.15, -0.1) is 0 Å². The van der Waals surface area contributed by atoms with Crippen molar-refractivity contribution in [2.45, 2.75) is 13.0 Å². The molecular formula is C13H12N6O3. The van der Waals surface area contributed by atoms with E-state index in [0.717, 1.165) is 0 Å². The number of anilines is 1. The Morgan fingerprint density at radius 1 is 1.41 bits per heavy atom. The Kier molecular flexibility index (Phi) is 3.37. The van der Waals surface area contributed by atoms with Gasteiger partial charge in [0.25, 0.3) is 0 Å². The van der Waals surface area contributed by atoms with Gasteiger partial charge >= 0.3 is 5.97 Å². The van der Waals surface area contributed by atoms with E-state index in [-0.39, 0.29) is 23.0 Å². The molecule has 0 saturated carbocycles. The van der Waals surface area contributed by atoms with Crippen LogP contribution in [0.5, 0.6) is 0 Å². The third-order valence-electron chi connectivity index (χ3n) is 3.29.